The molecule has 5 nitrogen and oxygen atoms in total. The normalized spacial score (nSPS) is 17.9. The number of nitrogens with zero attached hydrogens (tertiary/aromatic N) is 1. The molecule has 1 N–H and O–H groups in total. The van der Waals surface area contributed by atoms with Gasteiger partial charge in [-0.15, -0.1) is 0 Å². The summed E-state index contributed by atoms with van der Waals surface area (Å²) in [6.45, 7) is 6.05. The predicted molar refractivity (Wildman–Crippen MR) is 85.4 cm³/mol. The van der Waals surface area contributed by atoms with Gasteiger partial charge in [0.1, 0.15) is 0 Å². The predicted octanol–water partition coefficient (Wildman–Crippen LogP) is 1.98. The van der Waals surface area contributed by atoms with Gasteiger partial charge in [-0.05, 0) is 57.2 Å². The molecule has 1 heterocycles. The van der Waals surface area contributed by atoms with Gasteiger partial charge in [-0.25, -0.2) is 13.1 Å². The van der Waals surface area contributed by atoms with E-state index >= 15 is 0 Å². The molecular weight excluding hydrogens is 300 g/mol. The number of carbonyl (C=O) groups is 1. The first-order chi connectivity index (χ1) is 10.3. The van der Waals surface area contributed by atoms with Crippen LogP contribution in [0.5, 0.6) is 0 Å². The highest BCUT2D eigenvalue weighted by atomic mass is 32.2. The first-order valence-electron chi connectivity index (χ1n) is 7.77. The molecule has 0 unspecified atom stereocenters. The van der Waals surface area contributed by atoms with Gasteiger partial charge in [0.2, 0.25) is 15.9 Å². The van der Waals surface area contributed by atoms with Crippen LogP contribution in [-0.4, -0.2) is 26.9 Å². The number of anilines is 1. The Kier molecular flexibility index (Phi) is 3.77. The highest BCUT2D eigenvalue weighted by Crippen LogP contribution is 2.38. The summed E-state index contributed by atoms with van der Waals surface area (Å²) in [5, 5.41) is 0. The van der Waals surface area contributed by atoms with Gasteiger partial charge in [-0.2, -0.15) is 0 Å². The second-order valence-corrected chi connectivity index (χ2v) is 8.22. The zero-order chi connectivity index (χ0) is 16.1. The minimum Gasteiger partial charge on any atom is -0.312 e. The highest BCUT2D eigenvalue weighted by molar-refractivity contribution is 7.89. The molecule has 1 aliphatic carbocycles. The van der Waals surface area contributed by atoms with Gasteiger partial charge >= 0.3 is 0 Å². The summed E-state index contributed by atoms with van der Waals surface area (Å²) < 4.78 is 27.6. The van der Waals surface area contributed by atoms with E-state index in [9.17, 15) is 13.2 Å². The molecule has 0 saturated heterocycles. The number of hydrogen-bond acceptors (Lipinski definition) is 3. The van der Waals surface area contributed by atoms with E-state index in [1.807, 2.05) is 6.07 Å². The van der Waals surface area contributed by atoms with E-state index in [-0.39, 0.29) is 22.8 Å². The molecule has 6 heteroatoms. The van der Waals surface area contributed by atoms with Gasteiger partial charge in [0.15, 0.2) is 0 Å². The lowest BCUT2D eigenvalue weighted by Gasteiger charge is -2.19. The number of hydrogen-bond donors (Lipinski definition) is 1. The minimum atomic E-state index is -3.55. The van der Waals surface area contributed by atoms with Crippen molar-refractivity contribution < 1.29 is 13.2 Å². The molecular formula is C16H22N2O3S. The summed E-state index contributed by atoms with van der Waals surface area (Å²) in [6.07, 6.45) is 2.71. The number of fused-ring (bicyclic) bond motifs is 1. The highest BCUT2D eigenvalue weighted by Gasteiger charge is 2.37. The molecule has 0 atom stereocenters. The van der Waals surface area contributed by atoms with E-state index in [1.165, 1.54) is 0 Å². The standard InChI is InChI=1S/C16H22N2O3S/c1-10(2)17-22(20,21)15-9-14-13(8-11(15)3)6-7-18(14)16(19)12-4-5-12/h8-10,12,17H,4-7H2,1-3H3. The van der Waals surface area contributed by atoms with Crippen molar-refractivity contribution in [2.45, 2.75) is 51.0 Å². The van der Waals surface area contributed by atoms with Crippen LogP contribution in [0.4, 0.5) is 5.69 Å². The third-order valence-corrected chi connectivity index (χ3v) is 5.95. The van der Waals surface area contributed by atoms with Crippen LogP contribution < -0.4 is 9.62 Å². The number of aryl methyl sites for hydroxylation is 1. The fourth-order valence-corrected chi connectivity index (χ4v) is 4.48. The van der Waals surface area contributed by atoms with Crippen molar-refractivity contribution in [3.05, 3.63) is 23.3 Å². The van der Waals surface area contributed by atoms with Gasteiger partial charge in [-0.3, -0.25) is 4.79 Å². The minimum absolute atomic E-state index is 0.140. The Morgan fingerprint density at radius 1 is 1.32 bits per heavy atom. The smallest absolute Gasteiger partial charge is 0.241 e. The number of benzene rings is 1. The number of carbonyl (C=O) groups excluding carboxylic acids is 1. The second-order valence-electron chi connectivity index (χ2n) is 6.54. The Bertz CT molecular complexity index is 721. The van der Waals surface area contributed by atoms with Crippen LogP contribution in [0.2, 0.25) is 0 Å². The van der Waals surface area contributed by atoms with E-state index in [4.69, 9.17) is 0 Å². The summed E-state index contributed by atoms with van der Waals surface area (Å²) >= 11 is 0. The third kappa shape index (κ3) is 2.77. The SMILES string of the molecule is Cc1cc2c(cc1S(=O)(=O)NC(C)C)N(C(=O)C1CC1)CC2. The van der Waals surface area contributed by atoms with Crippen LogP contribution in [-0.2, 0) is 21.2 Å². The molecule has 0 bridgehead atoms. The van der Waals surface area contributed by atoms with Gasteiger partial charge in [0.25, 0.3) is 0 Å². The quantitative estimate of drug-likeness (QED) is 0.922. The summed E-state index contributed by atoms with van der Waals surface area (Å²) in [5.74, 6) is 0.281. The summed E-state index contributed by atoms with van der Waals surface area (Å²) in [5.41, 5.74) is 2.56. The lowest BCUT2D eigenvalue weighted by atomic mass is 10.1. The maximum absolute atomic E-state index is 12.5. The molecule has 1 fully saturated rings. The first-order valence-corrected chi connectivity index (χ1v) is 9.25. The third-order valence-electron chi connectivity index (χ3n) is 4.14. The molecule has 1 amide bonds. The molecule has 0 aromatic heterocycles. The van der Waals surface area contributed by atoms with Crippen molar-refractivity contribution in [3.63, 3.8) is 0 Å². The average Bonchev–Trinajstić information content (AvgIpc) is 3.16. The zero-order valence-electron chi connectivity index (χ0n) is 13.2. The van der Waals surface area contributed by atoms with Gasteiger partial charge in [0.05, 0.1) is 4.90 Å². The van der Waals surface area contributed by atoms with E-state index in [0.717, 1.165) is 36.1 Å². The fraction of sp³-hybridized carbons (Fsp3) is 0.562. The molecule has 1 aromatic carbocycles. The van der Waals surface area contributed by atoms with Crippen molar-refractivity contribution >= 4 is 21.6 Å². The van der Waals surface area contributed by atoms with E-state index in [2.05, 4.69) is 4.72 Å². The van der Waals surface area contributed by atoms with Gasteiger partial charge < -0.3 is 4.90 Å². The van der Waals surface area contributed by atoms with E-state index in [0.29, 0.717) is 6.54 Å². The Hall–Kier alpha value is -1.40. The van der Waals surface area contributed by atoms with E-state index < -0.39 is 10.0 Å². The molecule has 3 rings (SSSR count). The lowest BCUT2D eigenvalue weighted by molar-refractivity contribution is -0.119. The molecule has 0 radical (unpaired) electrons. The summed E-state index contributed by atoms with van der Waals surface area (Å²) in [6, 6.07) is 3.41. The number of amides is 1. The topological polar surface area (TPSA) is 66.5 Å². The molecule has 1 aromatic rings. The Balaban J connectivity index is 2.00. The van der Waals surface area contributed by atoms with Gasteiger partial charge in [0, 0.05) is 24.2 Å². The van der Waals surface area contributed by atoms with Gasteiger partial charge in [-0.1, -0.05) is 6.07 Å². The molecule has 0 spiro atoms. The number of rotatable bonds is 4. The largest absolute Gasteiger partial charge is 0.312 e. The number of sulfonamides is 1. The molecule has 22 heavy (non-hydrogen) atoms. The van der Waals surface area contributed by atoms with Crippen LogP contribution in [0, 0.1) is 12.8 Å². The van der Waals surface area contributed by atoms with Crippen LogP contribution in [0.25, 0.3) is 0 Å². The van der Waals surface area contributed by atoms with Crippen molar-refractivity contribution in [2.24, 2.45) is 5.92 Å². The first kappa shape index (κ1) is 15.5. The zero-order valence-corrected chi connectivity index (χ0v) is 14.0. The van der Waals surface area contributed by atoms with Crippen molar-refractivity contribution in [3.8, 4) is 0 Å². The maximum atomic E-state index is 12.5. The summed E-state index contributed by atoms with van der Waals surface area (Å²) in [7, 11) is -3.55. The van der Waals surface area contributed by atoms with Crippen molar-refractivity contribution in [1.29, 1.82) is 0 Å². The molecule has 120 valence electrons. The fourth-order valence-electron chi connectivity index (χ4n) is 2.98. The Morgan fingerprint density at radius 2 is 2.00 bits per heavy atom. The maximum Gasteiger partial charge on any atom is 0.241 e. The monoisotopic (exact) mass is 322 g/mol. The van der Waals surface area contributed by atoms with Crippen molar-refractivity contribution in [2.75, 3.05) is 11.4 Å². The van der Waals surface area contributed by atoms with Crippen LogP contribution in [0.15, 0.2) is 17.0 Å². The molecule has 1 saturated carbocycles. The van der Waals surface area contributed by atoms with Crippen LogP contribution in [0.1, 0.15) is 37.8 Å². The van der Waals surface area contributed by atoms with Crippen LogP contribution >= 0.6 is 0 Å². The van der Waals surface area contributed by atoms with Crippen molar-refractivity contribution in [1.82, 2.24) is 4.72 Å². The lowest BCUT2D eigenvalue weighted by Crippen LogP contribution is -2.32. The average molecular weight is 322 g/mol. The second kappa shape index (κ2) is 5.35. The molecule has 1 aliphatic heterocycles. The number of nitrogens with one attached hydrogen (secondary N) is 1. The van der Waals surface area contributed by atoms with E-state index in [1.54, 1.807) is 31.7 Å². The Morgan fingerprint density at radius 3 is 2.59 bits per heavy atom. The summed E-state index contributed by atoms with van der Waals surface area (Å²) in [4.78, 5) is 14.4. The van der Waals surface area contributed by atoms with Crippen LogP contribution in [0.3, 0.4) is 0 Å². The Labute approximate surface area is 131 Å². The molecule has 2 aliphatic rings.